The minimum Gasteiger partial charge on any atom is -0.330 e. The van der Waals surface area contributed by atoms with E-state index < -0.39 is 0 Å². The Morgan fingerprint density at radius 1 is 1.36 bits per heavy atom. The molecule has 2 rings (SSSR count). The van der Waals surface area contributed by atoms with Gasteiger partial charge in [-0.3, -0.25) is 0 Å². The zero-order chi connectivity index (χ0) is 10.1. The van der Waals surface area contributed by atoms with Crippen LogP contribution in [0.5, 0.6) is 0 Å². The lowest BCUT2D eigenvalue weighted by Gasteiger charge is -2.30. The second-order valence-corrected chi connectivity index (χ2v) is 4.34. The Labute approximate surface area is 85.3 Å². The van der Waals surface area contributed by atoms with E-state index in [1.54, 1.807) is 0 Å². The van der Waals surface area contributed by atoms with Gasteiger partial charge in [0.15, 0.2) is 0 Å². The third kappa shape index (κ3) is 1.57. The Bertz CT molecular complexity index is 316. The molecule has 0 bridgehead atoms. The van der Waals surface area contributed by atoms with E-state index in [1.165, 1.54) is 25.0 Å². The van der Waals surface area contributed by atoms with Gasteiger partial charge in [-0.2, -0.15) is 0 Å². The van der Waals surface area contributed by atoms with E-state index in [4.69, 9.17) is 5.73 Å². The van der Waals surface area contributed by atoms with Crippen molar-refractivity contribution in [3.05, 3.63) is 17.7 Å². The summed E-state index contributed by atoms with van der Waals surface area (Å²) in [6, 6.07) is 0.793. The number of hydrogen-bond donors (Lipinski definition) is 1. The average Bonchev–Trinajstić information content (AvgIpc) is 2.49. The van der Waals surface area contributed by atoms with Crippen molar-refractivity contribution in [2.45, 2.75) is 51.6 Å². The van der Waals surface area contributed by atoms with Crippen molar-refractivity contribution in [3.63, 3.8) is 0 Å². The van der Waals surface area contributed by atoms with Gasteiger partial charge < -0.3 is 10.3 Å². The Morgan fingerprint density at radius 2 is 2.07 bits per heavy atom. The van der Waals surface area contributed by atoms with Crippen LogP contribution in [0, 0.1) is 13.8 Å². The predicted molar refractivity (Wildman–Crippen MR) is 57.2 cm³/mol. The standard InChI is InChI=1S/C11H19N3/c1-8-9(2)14(7-13-8)11-6-4-3-5-10(11)12/h7,10-11H,3-6,12H2,1-2H3. The van der Waals surface area contributed by atoms with Gasteiger partial charge in [0.2, 0.25) is 0 Å². The maximum atomic E-state index is 6.14. The maximum Gasteiger partial charge on any atom is 0.0954 e. The van der Waals surface area contributed by atoms with E-state index in [0.717, 1.165) is 12.1 Å². The molecule has 1 heterocycles. The highest BCUT2D eigenvalue weighted by molar-refractivity contribution is 5.10. The highest BCUT2D eigenvalue weighted by Gasteiger charge is 2.24. The topological polar surface area (TPSA) is 43.8 Å². The van der Waals surface area contributed by atoms with Gasteiger partial charge in [-0.25, -0.2) is 4.98 Å². The summed E-state index contributed by atoms with van der Waals surface area (Å²) in [7, 11) is 0. The second-order valence-electron chi connectivity index (χ2n) is 4.34. The van der Waals surface area contributed by atoms with E-state index in [2.05, 4.69) is 23.4 Å². The third-order valence-electron chi connectivity index (χ3n) is 3.43. The van der Waals surface area contributed by atoms with Crippen molar-refractivity contribution in [2.24, 2.45) is 5.73 Å². The minimum absolute atomic E-state index is 0.316. The summed E-state index contributed by atoms with van der Waals surface area (Å²) in [5.41, 5.74) is 8.54. The number of rotatable bonds is 1. The number of aryl methyl sites for hydroxylation is 1. The largest absolute Gasteiger partial charge is 0.330 e. The number of aromatic nitrogens is 2. The molecule has 2 N–H and O–H groups in total. The summed E-state index contributed by atoms with van der Waals surface area (Å²) in [6.07, 6.45) is 6.89. The van der Waals surface area contributed by atoms with Crippen LogP contribution >= 0.6 is 0 Å². The monoisotopic (exact) mass is 193 g/mol. The van der Waals surface area contributed by atoms with Crippen molar-refractivity contribution in [1.82, 2.24) is 9.55 Å². The molecule has 1 aromatic rings. The van der Waals surface area contributed by atoms with Gasteiger partial charge in [-0.1, -0.05) is 12.8 Å². The van der Waals surface area contributed by atoms with Crippen molar-refractivity contribution >= 4 is 0 Å². The lowest BCUT2D eigenvalue weighted by molar-refractivity contribution is 0.302. The van der Waals surface area contributed by atoms with Crippen molar-refractivity contribution in [1.29, 1.82) is 0 Å². The molecule has 1 aliphatic carbocycles. The van der Waals surface area contributed by atoms with Gasteiger partial charge in [0.05, 0.1) is 12.0 Å². The van der Waals surface area contributed by atoms with Crippen LogP contribution in [0.4, 0.5) is 0 Å². The fourth-order valence-electron chi connectivity index (χ4n) is 2.34. The molecule has 0 spiro atoms. The zero-order valence-electron chi connectivity index (χ0n) is 9.03. The first kappa shape index (κ1) is 9.71. The van der Waals surface area contributed by atoms with Crippen molar-refractivity contribution < 1.29 is 0 Å². The third-order valence-corrected chi connectivity index (χ3v) is 3.43. The normalized spacial score (nSPS) is 27.9. The highest BCUT2D eigenvalue weighted by atomic mass is 15.1. The van der Waals surface area contributed by atoms with Crippen LogP contribution in [0.3, 0.4) is 0 Å². The quantitative estimate of drug-likeness (QED) is 0.740. The fourth-order valence-corrected chi connectivity index (χ4v) is 2.34. The summed E-state index contributed by atoms with van der Waals surface area (Å²) in [5, 5.41) is 0. The number of nitrogens with zero attached hydrogens (tertiary/aromatic N) is 2. The van der Waals surface area contributed by atoms with E-state index in [1.807, 2.05) is 6.33 Å². The molecule has 0 aromatic carbocycles. The lowest BCUT2D eigenvalue weighted by Crippen LogP contribution is -2.35. The molecule has 3 nitrogen and oxygen atoms in total. The summed E-state index contributed by atoms with van der Waals surface area (Å²) < 4.78 is 2.26. The molecule has 2 atom stereocenters. The van der Waals surface area contributed by atoms with Gasteiger partial charge in [-0.15, -0.1) is 0 Å². The van der Waals surface area contributed by atoms with Crippen LogP contribution in [-0.4, -0.2) is 15.6 Å². The molecule has 1 aromatic heterocycles. The molecule has 2 unspecified atom stereocenters. The molecular weight excluding hydrogens is 174 g/mol. The smallest absolute Gasteiger partial charge is 0.0954 e. The van der Waals surface area contributed by atoms with Gasteiger partial charge in [0, 0.05) is 17.8 Å². The second kappa shape index (κ2) is 3.73. The van der Waals surface area contributed by atoms with Crippen LogP contribution in [-0.2, 0) is 0 Å². The predicted octanol–water partition coefficient (Wildman–Crippen LogP) is 1.94. The number of nitrogens with two attached hydrogens (primary N) is 1. The van der Waals surface area contributed by atoms with E-state index in [-0.39, 0.29) is 0 Å². The van der Waals surface area contributed by atoms with Crippen LogP contribution < -0.4 is 5.73 Å². The molecule has 0 amide bonds. The molecule has 1 saturated carbocycles. The van der Waals surface area contributed by atoms with Gasteiger partial charge >= 0.3 is 0 Å². The molecule has 0 radical (unpaired) electrons. The molecule has 78 valence electrons. The lowest BCUT2D eigenvalue weighted by atomic mass is 9.91. The fraction of sp³-hybridized carbons (Fsp3) is 0.727. The molecule has 1 aliphatic rings. The van der Waals surface area contributed by atoms with Crippen LogP contribution in [0.25, 0.3) is 0 Å². The SMILES string of the molecule is Cc1ncn(C2CCCCC2N)c1C. The van der Waals surface area contributed by atoms with Crippen LogP contribution in [0.2, 0.25) is 0 Å². The Kier molecular flexibility index (Phi) is 2.59. The maximum absolute atomic E-state index is 6.14. The molecule has 0 saturated heterocycles. The molecule has 1 fully saturated rings. The highest BCUT2D eigenvalue weighted by Crippen LogP contribution is 2.28. The van der Waals surface area contributed by atoms with Crippen LogP contribution in [0.15, 0.2) is 6.33 Å². The molecular formula is C11H19N3. The van der Waals surface area contributed by atoms with Crippen molar-refractivity contribution in [3.8, 4) is 0 Å². The molecule has 3 heteroatoms. The first-order chi connectivity index (χ1) is 6.70. The first-order valence-corrected chi connectivity index (χ1v) is 5.45. The number of imidazole rings is 1. The van der Waals surface area contributed by atoms with E-state index in [9.17, 15) is 0 Å². The summed E-state index contributed by atoms with van der Waals surface area (Å²) in [5.74, 6) is 0. The number of hydrogen-bond acceptors (Lipinski definition) is 2. The summed E-state index contributed by atoms with van der Waals surface area (Å²) in [6.45, 7) is 4.18. The van der Waals surface area contributed by atoms with Gasteiger partial charge in [0.25, 0.3) is 0 Å². The molecule has 14 heavy (non-hydrogen) atoms. The first-order valence-electron chi connectivity index (χ1n) is 5.45. The summed E-state index contributed by atoms with van der Waals surface area (Å²) in [4.78, 5) is 4.33. The Hall–Kier alpha value is -0.830. The van der Waals surface area contributed by atoms with E-state index >= 15 is 0 Å². The average molecular weight is 193 g/mol. The van der Waals surface area contributed by atoms with Crippen LogP contribution in [0.1, 0.15) is 43.1 Å². The van der Waals surface area contributed by atoms with Gasteiger partial charge in [0.1, 0.15) is 0 Å². The van der Waals surface area contributed by atoms with Crippen molar-refractivity contribution in [2.75, 3.05) is 0 Å². The van der Waals surface area contributed by atoms with E-state index in [0.29, 0.717) is 12.1 Å². The Balaban J connectivity index is 2.24. The zero-order valence-corrected chi connectivity index (χ0v) is 9.03. The molecule has 0 aliphatic heterocycles. The van der Waals surface area contributed by atoms with Gasteiger partial charge in [-0.05, 0) is 26.7 Å². The minimum atomic E-state index is 0.316. The summed E-state index contributed by atoms with van der Waals surface area (Å²) >= 11 is 0. The Morgan fingerprint density at radius 3 is 2.64 bits per heavy atom.